The zero-order chi connectivity index (χ0) is 9.59. The molecule has 0 aromatic carbocycles. The Balaban J connectivity index is 1.99. The van der Waals surface area contributed by atoms with Crippen molar-refractivity contribution >= 4 is 0 Å². The number of rotatable bonds is 2. The summed E-state index contributed by atoms with van der Waals surface area (Å²) in [5, 5.41) is 0. The second kappa shape index (κ2) is 3.25. The topological polar surface area (TPSA) is 6.48 Å². The van der Waals surface area contributed by atoms with Crippen molar-refractivity contribution in [2.75, 3.05) is 20.6 Å². The minimum atomic E-state index is 0.748. The molecule has 1 heterocycles. The van der Waals surface area contributed by atoms with Crippen LogP contribution in [-0.2, 0) is 0 Å². The molecule has 2 fully saturated rings. The Labute approximate surface area is 81.9 Å². The summed E-state index contributed by atoms with van der Waals surface area (Å²) in [5.41, 5.74) is 0. The first-order valence-electron chi connectivity index (χ1n) is 5.51. The standard InChI is InChI=1S/C11H22N2/c1-8(2)13-7-9-5-10(13)6-11(9)12(3)4/h8-11H,5-7H2,1-4H3. The van der Waals surface area contributed by atoms with Crippen LogP contribution in [0.5, 0.6) is 0 Å². The van der Waals surface area contributed by atoms with Gasteiger partial charge in [-0.2, -0.15) is 0 Å². The summed E-state index contributed by atoms with van der Waals surface area (Å²) >= 11 is 0. The second-order valence-corrected chi connectivity index (χ2v) is 5.21. The molecule has 1 saturated carbocycles. The SMILES string of the molecule is CC(C)N1CC2CC1CC2N(C)C. The molecule has 1 saturated heterocycles. The van der Waals surface area contributed by atoms with E-state index < -0.39 is 0 Å². The Bertz CT molecular complexity index is 169. The van der Waals surface area contributed by atoms with Gasteiger partial charge < -0.3 is 4.90 Å². The van der Waals surface area contributed by atoms with Gasteiger partial charge >= 0.3 is 0 Å². The fraction of sp³-hybridized carbons (Fsp3) is 1.00. The fourth-order valence-corrected chi connectivity index (χ4v) is 3.23. The number of likely N-dealkylation sites (tertiary alicyclic amines) is 1. The smallest absolute Gasteiger partial charge is 0.0145 e. The van der Waals surface area contributed by atoms with Gasteiger partial charge in [-0.3, -0.25) is 4.90 Å². The molecule has 2 heteroatoms. The maximum Gasteiger partial charge on any atom is 0.0145 e. The molecular formula is C11H22N2. The molecule has 0 aromatic rings. The largest absolute Gasteiger partial charge is 0.306 e. The zero-order valence-corrected chi connectivity index (χ0v) is 9.33. The first-order valence-corrected chi connectivity index (χ1v) is 5.51. The van der Waals surface area contributed by atoms with E-state index in [-0.39, 0.29) is 0 Å². The summed E-state index contributed by atoms with van der Waals surface area (Å²) in [6.45, 7) is 5.99. The van der Waals surface area contributed by atoms with Crippen molar-refractivity contribution in [1.82, 2.24) is 9.80 Å². The lowest BCUT2D eigenvalue weighted by atomic mass is 10.0. The van der Waals surface area contributed by atoms with E-state index >= 15 is 0 Å². The lowest BCUT2D eigenvalue weighted by Gasteiger charge is -2.36. The van der Waals surface area contributed by atoms with Crippen LogP contribution in [0.3, 0.4) is 0 Å². The molecule has 0 amide bonds. The minimum Gasteiger partial charge on any atom is -0.306 e. The highest BCUT2D eigenvalue weighted by atomic mass is 15.3. The van der Waals surface area contributed by atoms with Crippen LogP contribution in [0.1, 0.15) is 26.7 Å². The van der Waals surface area contributed by atoms with Crippen LogP contribution < -0.4 is 0 Å². The molecule has 3 unspecified atom stereocenters. The van der Waals surface area contributed by atoms with Crippen molar-refractivity contribution in [3.05, 3.63) is 0 Å². The third-order valence-electron chi connectivity index (χ3n) is 3.87. The number of nitrogens with zero attached hydrogens (tertiary/aromatic N) is 2. The van der Waals surface area contributed by atoms with Crippen LogP contribution in [0.25, 0.3) is 0 Å². The molecule has 3 atom stereocenters. The van der Waals surface area contributed by atoms with E-state index in [1.54, 1.807) is 0 Å². The molecule has 0 aromatic heterocycles. The predicted octanol–water partition coefficient (Wildman–Crippen LogP) is 1.42. The number of hydrogen-bond acceptors (Lipinski definition) is 2. The molecule has 2 rings (SSSR count). The van der Waals surface area contributed by atoms with E-state index in [0.29, 0.717) is 0 Å². The highest BCUT2D eigenvalue weighted by molar-refractivity contribution is 5.01. The van der Waals surface area contributed by atoms with Gasteiger partial charge in [0.15, 0.2) is 0 Å². The number of piperidine rings is 1. The van der Waals surface area contributed by atoms with Crippen molar-refractivity contribution in [3.63, 3.8) is 0 Å². The van der Waals surface area contributed by atoms with Crippen molar-refractivity contribution in [3.8, 4) is 0 Å². The quantitative estimate of drug-likeness (QED) is 0.637. The third kappa shape index (κ3) is 1.50. The van der Waals surface area contributed by atoms with Crippen LogP contribution in [0, 0.1) is 5.92 Å². The normalized spacial score (nSPS) is 39.7. The molecule has 0 radical (unpaired) electrons. The van der Waals surface area contributed by atoms with Gasteiger partial charge in [-0.1, -0.05) is 0 Å². The first-order chi connectivity index (χ1) is 6.09. The third-order valence-corrected chi connectivity index (χ3v) is 3.87. The molecule has 1 aliphatic heterocycles. The average molecular weight is 182 g/mol. The second-order valence-electron chi connectivity index (χ2n) is 5.21. The summed E-state index contributed by atoms with van der Waals surface area (Å²) in [6, 6.07) is 2.50. The van der Waals surface area contributed by atoms with Crippen LogP contribution in [0.15, 0.2) is 0 Å². The lowest BCUT2D eigenvalue weighted by molar-refractivity contribution is 0.113. The van der Waals surface area contributed by atoms with Gasteiger partial charge in [-0.05, 0) is 46.7 Å². The molecule has 13 heavy (non-hydrogen) atoms. The Morgan fingerprint density at radius 3 is 2.31 bits per heavy atom. The van der Waals surface area contributed by atoms with Crippen LogP contribution in [-0.4, -0.2) is 48.6 Å². The van der Waals surface area contributed by atoms with Crippen molar-refractivity contribution in [2.24, 2.45) is 5.92 Å². The molecule has 76 valence electrons. The minimum absolute atomic E-state index is 0.748. The van der Waals surface area contributed by atoms with Crippen molar-refractivity contribution < 1.29 is 0 Å². The summed E-state index contributed by atoms with van der Waals surface area (Å²) in [4.78, 5) is 5.10. The Morgan fingerprint density at radius 2 is 1.92 bits per heavy atom. The zero-order valence-electron chi connectivity index (χ0n) is 9.33. The van der Waals surface area contributed by atoms with Crippen LogP contribution in [0.4, 0.5) is 0 Å². The number of fused-ring (bicyclic) bond motifs is 2. The monoisotopic (exact) mass is 182 g/mol. The van der Waals surface area contributed by atoms with Gasteiger partial charge in [0.05, 0.1) is 0 Å². The predicted molar refractivity (Wildman–Crippen MR) is 55.8 cm³/mol. The number of hydrogen-bond donors (Lipinski definition) is 0. The maximum absolute atomic E-state index is 2.69. The van der Waals surface area contributed by atoms with E-state index in [0.717, 1.165) is 24.0 Å². The molecule has 0 N–H and O–H groups in total. The molecule has 1 aliphatic carbocycles. The summed E-state index contributed by atoms with van der Waals surface area (Å²) in [5.74, 6) is 0.947. The highest BCUT2D eigenvalue weighted by Crippen LogP contribution is 2.40. The summed E-state index contributed by atoms with van der Waals surface area (Å²) < 4.78 is 0. The van der Waals surface area contributed by atoms with Crippen molar-refractivity contribution in [1.29, 1.82) is 0 Å². The van der Waals surface area contributed by atoms with E-state index in [1.807, 2.05) is 0 Å². The van der Waals surface area contributed by atoms with Gasteiger partial charge in [0.1, 0.15) is 0 Å². The molecule has 0 spiro atoms. The van der Waals surface area contributed by atoms with Crippen molar-refractivity contribution in [2.45, 2.75) is 44.8 Å². The van der Waals surface area contributed by atoms with E-state index in [1.165, 1.54) is 19.4 Å². The Morgan fingerprint density at radius 1 is 1.23 bits per heavy atom. The summed E-state index contributed by atoms with van der Waals surface area (Å²) in [6.07, 6.45) is 2.84. The Kier molecular flexibility index (Phi) is 2.37. The van der Waals surface area contributed by atoms with Gasteiger partial charge in [0, 0.05) is 24.7 Å². The molecular weight excluding hydrogens is 160 g/mol. The van der Waals surface area contributed by atoms with Gasteiger partial charge in [0.25, 0.3) is 0 Å². The molecule has 2 aliphatic rings. The Hall–Kier alpha value is -0.0800. The summed E-state index contributed by atoms with van der Waals surface area (Å²) in [7, 11) is 4.45. The fourth-order valence-electron chi connectivity index (χ4n) is 3.23. The van der Waals surface area contributed by atoms with E-state index in [9.17, 15) is 0 Å². The lowest BCUT2D eigenvalue weighted by Crippen LogP contribution is -2.45. The highest BCUT2D eigenvalue weighted by Gasteiger charge is 2.45. The van der Waals surface area contributed by atoms with Gasteiger partial charge in [0.2, 0.25) is 0 Å². The van der Waals surface area contributed by atoms with Crippen LogP contribution >= 0.6 is 0 Å². The average Bonchev–Trinajstić information content (AvgIpc) is 2.60. The molecule has 2 bridgehead atoms. The van der Waals surface area contributed by atoms with E-state index in [4.69, 9.17) is 0 Å². The maximum atomic E-state index is 2.69. The van der Waals surface area contributed by atoms with Gasteiger partial charge in [-0.15, -0.1) is 0 Å². The van der Waals surface area contributed by atoms with E-state index in [2.05, 4.69) is 37.7 Å². The first kappa shape index (κ1) is 9.47. The molecule has 2 nitrogen and oxygen atoms in total. The van der Waals surface area contributed by atoms with Crippen LogP contribution in [0.2, 0.25) is 0 Å². The van der Waals surface area contributed by atoms with Gasteiger partial charge in [-0.25, -0.2) is 0 Å².